The molecule has 0 amide bonds. The zero-order chi connectivity index (χ0) is 14.7. The van der Waals surface area contributed by atoms with E-state index in [1.54, 1.807) is 38.1 Å². The molecule has 20 heavy (non-hydrogen) atoms. The van der Waals surface area contributed by atoms with E-state index in [9.17, 15) is 15.0 Å². The Kier molecular flexibility index (Phi) is 3.95. The molecule has 0 unspecified atom stereocenters. The van der Waals surface area contributed by atoms with Gasteiger partial charge in [-0.15, -0.1) is 5.10 Å². The molecule has 6 heteroatoms. The molecule has 1 heterocycles. The van der Waals surface area contributed by atoms with Gasteiger partial charge in [0.25, 0.3) is 5.88 Å². The molecule has 2 N–H and O–H groups in total. The lowest BCUT2D eigenvalue weighted by atomic mass is 10.1. The van der Waals surface area contributed by atoms with E-state index in [0.717, 1.165) is 0 Å². The van der Waals surface area contributed by atoms with E-state index in [-0.39, 0.29) is 18.1 Å². The fourth-order valence-electron chi connectivity index (χ4n) is 1.75. The number of aliphatic hydroxyl groups is 1. The van der Waals surface area contributed by atoms with Crippen LogP contribution in [0.15, 0.2) is 24.3 Å². The highest BCUT2D eigenvalue weighted by atomic mass is 16.5. The largest absolute Gasteiger partial charge is 0.477 e. The lowest BCUT2D eigenvalue weighted by Gasteiger charge is -2.12. The third kappa shape index (κ3) is 2.60. The molecule has 0 radical (unpaired) electrons. The molecule has 104 valence electrons. The molecular formula is C14H14N2O4. The van der Waals surface area contributed by atoms with Crippen molar-refractivity contribution in [3.05, 3.63) is 46.6 Å². The minimum atomic E-state index is -1.13. The van der Waals surface area contributed by atoms with Gasteiger partial charge in [-0.1, -0.05) is 18.2 Å². The van der Waals surface area contributed by atoms with Gasteiger partial charge in [0.05, 0.1) is 12.3 Å². The third-order valence-corrected chi connectivity index (χ3v) is 2.99. The van der Waals surface area contributed by atoms with Crippen molar-refractivity contribution < 1.29 is 19.7 Å². The van der Waals surface area contributed by atoms with Gasteiger partial charge in [0.1, 0.15) is 11.3 Å². The maximum Gasteiger partial charge on any atom is 0.341 e. The zero-order valence-electron chi connectivity index (χ0n) is 11.1. The number of para-hydroxylation sites is 1. The van der Waals surface area contributed by atoms with Gasteiger partial charge in [-0.3, -0.25) is 0 Å². The van der Waals surface area contributed by atoms with Gasteiger partial charge >= 0.3 is 5.97 Å². The van der Waals surface area contributed by atoms with Crippen molar-refractivity contribution in [2.75, 3.05) is 0 Å². The first-order chi connectivity index (χ1) is 9.54. The number of benzene rings is 1. The Balaban J connectivity index is 2.49. The van der Waals surface area contributed by atoms with Crippen molar-refractivity contribution in [1.82, 2.24) is 10.2 Å². The summed E-state index contributed by atoms with van der Waals surface area (Å²) in [7, 11) is 0. The number of aromatic nitrogens is 2. The van der Waals surface area contributed by atoms with Crippen LogP contribution in [0.2, 0.25) is 0 Å². The van der Waals surface area contributed by atoms with E-state index in [1.807, 2.05) is 0 Å². The van der Waals surface area contributed by atoms with Crippen LogP contribution in [0.1, 0.15) is 27.2 Å². The van der Waals surface area contributed by atoms with Gasteiger partial charge in [-0.25, -0.2) is 4.79 Å². The number of aliphatic hydroxyl groups excluding tert-OH is 1. The van der Waals surface area contributed by atoms with Crippen molar-refractivity contribution in [2.24, 2.45) is 0 Å². The van der Waals surface area contributed by atoms with Gasteiger partial charge < -0.3 is 14.9 Å². The Morgan fingerprint density at radius 1 is 1.25 bits per heavy atom. The minimum Gasteiger partial charge on any atom is -0.477 e. The molecule has 1 aromatic carbocycles. The number of hydrogen-bond donors (Lipinski definition) is 2. The zero-order valence-corrected chi connectivity index (χ0v) is 11.1. The first-order valence-corrected chi connectivity index (χ1v) is 5.98. The molecule has 0 saturated heterocycles. The lowest BCUT2D eigenvalue weighted by Crippen LogP contribution is -2.09. The SMILES string of the molecule is Cc1nnc(Oc2ccccc2CO)c(C(=O)O)c1C. The molecule has 0 aliphatic rings. The standard InChI is InChI=1S/C14H14N2O4/c1-8-9(2)15-16-13(12(8)14(18)19)20-11-6-4-3-5-10(11)7-17/h3-6,17H,7H2,1-2H3,(H,18,19). The second kappa shape index (κ2) is 5.66. The highest BCUT2D eigenvalue weighted by molar-refractivity contribution is 5.92. The van der Waals surface area contributed by atoms with Crippen LogP contribution in [0.5, 0.6) is 11.6 Å². The van der Waals surface area contributed by atoms with Crippen molar-refractivity contribution in [3.8, 4) is 11.6 Å². The summed E-state index contributed by atoms with van der Waals surface area (Å²) in [6.07, 6.45) is 0. The molecule has 2 aromatic rings. The van der Waals surface area contributed by atoms with Crippen LogP contribution in [-0.4, -0.2) is 26.4 Å². The summed E-state index contributed by atoms with van der Waals surface area (Å²) >= 11 is 0. The summed E-state index contributed by atoms with van der Waals surface area (Å²) < 4.78 is 5.51. The molecule has 2 rings (SSSR count). The van der Waals surface area contributed by atoms with Crippen LogP contribution < -0.4 is 4.74 Å². The lowest BCUT2D eigenvalue weighted by molar-refractivity contribution is 0.0692. The highest BCUT2D eigenvalue weighted by Crippen LogP contribution is 2.28. The summed E-state index contributed by atoms with van der Waals surface area (Å²) in [6.45, 7) is 3.12. The number of carboxylic acids is 1. The van der Waals surface area contributed by atoms with E-state index in [2.05, 4.69) is 10.2 Å². The van der Waals surface area contributed by atoms with Crippen LogP contribution in [0.3, 0.4) is 0 Å². The molecule has 1 aromatic heterocycles. The third-order valence-electron chi connectivity index (χ3n) is 2.99. The summed E-state index contributed by atoms with van der Waals surface area (Å²) in [5, 5.41) is 26.2. The van der Waals surface area contributed by atoms with Crippen molar-refractivity contribution >= 4 is 5.97 Å². The van der Waals surface area contributed by atoms with Crippen LogP contribution in [-0.2, 0) is 6.61 Å². The maximum atomic E-state index is 11.3. The average Bonchev–Trinajstić information content (AvgIpc) is 2.43. The summed E-state index contributed by atoms with van der Waals surface area (Å²) in [5.41, 5.74) is 1.56. The van der Waals surface area contributed by atoms with E-state index in [4.69, 9.17) is 4.74 Å². The predicted molar refractivity (Wildman–Crippen MR) is 70.9 cm³/mol. The number of carboxylic acid groups (broad SMARTS) is 1. The quantitative estimate of drug-likeness (QED) is 0.886. The summed E-state index contributed by atoms with van der Waals surface area (Å²) in [6, 6.07) is 6.80. The van der Waals surface area contributed by atoms with Crippen molar-refractivity contribution in [2.45, 2.75) is 20.5 Å². The number of aryl methyl sites for hydroxylation is 1. The Labute approximate surface area is 115 Å². The topological polar surface area (TPSA) is 92.5 Å². The fraction of sp³-hybridized carbons (Fsp3) is 0.214. The fourth-order valence-corrected chi connectivity index (χ4v) is 1.75. The number of rotatable bonds is 4. The van der Waals surface area contributed by atoms with Crippen LogP contribution in [0.25, 0.3) is 0 Å². The highest BCUT2D eigenvalue weighted by Gasteiger charge is 2.20. The number of carbonyl (C=O) groups is 1. The van der Waals surface area contributed by atoms with Crippen molar-refractivity contribution in [3.63, 3.8) is 0 Å². The monoisotopic (exact) mass is 274 g/mol. The van der Waals surface area contributed by atoms with Crippen LogP contribution in [0, 0.1) is 13.8 Å². The number of hydrogen-bond acceptors (Lipinski definition) is 5. The van der Waals surface area contributed by atoms with Crippen molar-refractivity contribution in [1.29, 1.82) is 0 Å². The molecule has 6 nitrogen and oxygen atoms in total. The van der Waals surface area contributed by atoms with Gasteiger partial charge in [0.15, 0.2) is 0 Å². The first-order valence-electron chi connectivity index (χ1n) is 5.98. The molecule has 0 aliphatic carbocycles. The molecule has 0 aliphatic heterocycles. The van der Waals surface area contributed by atoms with Gasteiger partial charge in [0, 0.05) is 5.56 Å². The second-order valence-corrected chi connectivity index (χ2v) is 4.26. The normalized spacial score (nSPS) is 10.3. The van der Waals surface area contributed by atoms with Gasteiger partial charge in [-0.05, 0) is 25.5 Å². The maximum absolute atomic E-state index is 11.3. The number of aromatic carboxylic acids is 1. The molecule has 0 bridgehead atoms. The molecule has 0 fully saturated rings. The number of ether oxygens (including phenoxy) is 1. The Hall–Kier alpha value is -2.47. The van der Waals surface area contributed by atoms with Crippen LogP contribution in [0.4, 0.5) is 0 Å². The molecular weight excluding hydrogens is 260 g/mol. The Morgan fingerprint density at radius 3 is 2.60 bits per heavy atom. The summed E-state index contributed by atoms with van der Waals surface area (Å²) in [5.74, 6) is -0.853. The smallest absolute Gasteiger partial charge is 0.341 e. The van der Waals surface area contributed by atoms with Gasteiger partial charge in [-0.2, -0.15) is 5.10 Å². The molecule has 0 spiro atoms. The Bertz CT molecular complexity index is 656. The Morgan fingerprint density at radius 2 is 1.95 bits per heavy atom. The molecule has 0 atom stereocenters. The first kappa shape index (κ1) is 14.0. The van der Waals surface area contributed by atoms with Crippen LogP contribution >= 0.6 is 0 Å². The van der Waals surface area contributed by atoms with E-state index >= 15 is 0 Å². The summed E-state index contributed by atoms with van der Waals surface area (Å²) in [4.78, 5) is 11.3. The minimum absolute atomic E-state index is 0.0229. The molecule has 0 saturated carbocycles. The predicted octanol–water partition coefficient (Wildman–Crippen LogP) is 2.08. The van der Waals surface area contributed by atoms with E-state index in [1.165, 1.54) is 0 Å². The second-order valence-electron chi connectivity index (χ2n) is 4.26. The average molecular weight is 274 g/mol. The number of nitrogens with zero attached hydrogens (tertiary/aromatic N) is 2. The van der Waals surface area contributed by atoms with E-state index in [0.29, 0.717) is 22.6 Å². The van der Waals surface area contributed by atoms with Gasteiger partial charge in [0.2, 0.25) is 0 Å². The van der Waals surface area contributed by atoms with E-state index < -0.39 is 5.97 Å².